The van der Waals surface area contributed by atoms with Crippen LogP contribution in [0.5, 0.6) is 0 Å². The van der Waals surface area contributed by atoms with E-state index in [9.17, 15) is 4.39 Å². The third-order valence-electron chi connectivity index (χ3n) is 4.18. The van der Waals surface area contributed by atoms with Gasteiger partial charge in [-0.2, -0.15) is 0 Å². The molecule has 1 aromatic carbocycles. The lowest BCUT2D eigenvalue weighted by Gasteiger charge is -2.39. The second kappa shape index (κ2) is 6.69. The predicted octanol–water partition coefficient (Wildman–Crippen LogP) is 3.43. The van der Waals surface area contributed by atoms with Gasteiger partial charge in [0.05, 0.1) is 0 Å². The van der Waals surface area contributed by atoms with Crippen molar-refractivity contribution in [1.82, 2.24) is 4.90 Å². The molecule has 0 aromatic heterocycles. The van der Waals surface area contributed by atoms with E-state index in [1.54, 1.807) is 12.1 Å². The van der Waals surface area contributed by atoms with E-state index in [0.717, 1.165) is 18.9 Å². The summed E-state index contributed by atoms with van der Waals surface area (Å²) in [6.45, 7) is 4.50. The Bertz CT molecular complexity index is 425. The van der Waals surface area contributed by atoms with E-state index in [-0.39, 0.29) is 5.82 Å². The molecular weight excluding hydrogens is 263 g/mol. The first-order valence-electron chi connectivity index (χ1n) is 7.02. The molecule has 1 aromatic rings. The van der Waals surface area contributed by atoms with Crippen LogP contribution in [0.4, 0.5) is 4.39 Å². The third-order valence-corrected chi connectivity index (χ3v) is 4.42. The molecule has 2 unspecified atom stereocenters. The van der Waals surface area contributed by atoms with E-state index in [1.807, 2.05) is 0 Å². The van der Waals surface area contributed by atoms with Gasteiger partial charge in [0.1, 0.15) is 5.82 Å². The second-order valence-electron chi connectivity index (χ2n) is 5.39. The van der Waals surface area contributed by atoms with E-state index in [0.29, 0.717) is 29.7 Å². The molecule has 2 nitrogen and oxygen atoms in total. The molecule has 1 saturated heterocycles. The van der Waals surface area contributed by atoms with Crippen LogP contribution in [0.3, 0.4) is 0 Å². The van der Waals surface area contributed by atoms with Crippen molar-refractivity contribution in [3.8, 4) is 0 Å². The van der Waals surface area contributed by atoms with Gasteiger partial charge in [-0.15, -0.1) is 0 Å². The monoisotopic (exact) mass is 284 g/mol. The van der Waals surface area contributed by atoms with Crippen LogP contribution in [0.15, 0.2) is 18.2 Å². The third kappa shape index (κ3) is 3.68. The lowest BCUT2D eigenvalue weighted by atomic mass is 9.88. The van der Waals surface area contributed by atoms with Gasteiger partial charge in [0.2, 0.25) is 0 Å². The molecule has 1 aliphatic heterocycles. The van der Waals surface area contributed by atoms with Crippen molar-refractivity contribution in [2.45, 2.75) is 38.8 Å². The first-order valence-corrected chi connectivity index (χ1v) is 7.39. The quantitative estimate of drug-likeness (QED) is 0.918. The van der Waals surface area contributed by atoms with Gasteiger partial charge in [-0.25, -0.2) is 4.39 Å². The van der Waals surface area contributed by atoms with Crippen LogP contribution >= 0.6 is 11.6 Å². The zero-order chi connectivity index (χ0) is 13.8. The number of nitrogens with two attached hydrogens (primary N) is 1. The number of benzene rings is 1. The molecule has 0 saturated carbocycles. The average Bonchev–Trinajstić information content (AvgIpc) is 2.42. The minimum absolute atomic E-state index is 0.221. The van der Waals surface area contributed by atoms with Gasteiger partial charge in [-0.05, 0) is 37.4 Å². The van der Waals surface area contributed by atoms with E-state index in [4.69, 9.17) is 17.3 Å². The topological polar surface area (TPSA) is 29.3 Å². The molecule has 0 bridgehead atoms. The number of hydrogen-bond acceptors (Lipinski definition) is 2. The van der Waals surface area contributed by atoms with Gasteiger partial charge in [0.25, 0.3) is 0 Å². The van der Waals surface area contributed by atoms with Gasteiger partial charge in [0, 0.05) is 29.7 Å². The standard InChI is InChI=1S/C15H22ClFN2/c1-2-11-5-6-19(14(7-11)9-18)10-12-3-4-13(16)8-15(12)17/h3-4,8,11,14H,2,5-7,9-10,18H2,1H3. The molecule has 106 valence electrons. The molecule has 1 heterocycles. The molecule has 4 heteroatoms. The zero-order valence-corrected chi connectivity index (χ0v) is 12.2. The molecule has 0 aliphatic carbocycles. The van der Waals surface area contributed by atoms with Crippen LogP contribution in [0, 0.1) is 11.7 Å². The Morgan fingerprint density at radius 1 is 1.47 bits per heavy atom. The van der Waals surface area contributed by atoms with Crippen molar-refractivity contribution < 1.29 is 4.39 Å². The van der Waals surface area contributed by atoms with E-state index in [2.05, 4.69) is 11.8 Å². The zero-order valence-electron chi connectivity index (χ0n) is 11.4. The number of rotatable bonds is 4. The Balaban J connectivity index is 2.05. The molecule has 2 atom stereocenters. The largest absolute Gasteiger partial charge is 0.329 e. The predicted molar refractivity (Wildman–Crippen MR) is 77.7 cm³/mol. The number of piperidine rings is 1. The molecule has 0 radical (unpaired) electrons. The summed E-state index contributed by atoms with van der Waals surface area (Å²) in [5.41, 5.74) is 6.58. The molecule has 0 spiro atoms. The Labute approximate surface area is 119 Å². The molecular formula is C15H22ClFN2. The highest BCUT2D eigenvalue weighted by atomic mass is 35.5. The summed E-state index contributed by atoms with van der Waals surface area (Å²) in [5, 5.41) is 0.446. The van der Waals surface area contributed by atoms with Crippen LogP contribution in [-0.2, 0) is 6.54 Å². The molecule has 1 aliphatic rings. The second-order valence-corrected chi connectivity index (χ2v) is 5.83. The van der Waals surface area contributed by atoms with Gasteiger partial charge in [-0.1, -0.05) is 31.0 Å². The number of halogens is 2. The summed E-state index contributed by atoms with van der Waals surface area (Å²) >= 11 is 5.78. The maximum atomic E-state index is 13.8. The van der Waals surface area contributed by atoms with Crippen molar-refractivity contribution in [2.75, 3.05) is 13.1 Å². The fourth-order valence-corrected chi connectivity index (χ4v) is 3.03. The highest BCUT2D eigenvalue weighted by molar-refractivity contribution is 6.30. The Hall–Kier alpha value is -0.640. The van der Waals surface area contributed by atoms with Crippen LogP contribution in [0.2, 0.25) is 5.02 Å². The normalized spacial score (nSPS) is 24.6. The summed E-state index contributed by atoms with van der Waals surface area (Å²) in [6, 6.07) is 5.27. The lowest BCUT2D eigenvalue weighted by Crippen LogP contribution is -2.46. The number of hydrogen-bond donors (Lipinski definition) is 1. The molecule has 2 rings (SSSR count). The fraction of sp³-hybridized carbons (Fsp3) is 0.600. The van der Waals surface area contributed by atoms with Gasteiger partial charge in [0.15, 0.2) is 0 Å². The summed E-state index contributed by atoms with van der Waals surface area (Å²) in [5.74, 6) is 0.542. The summed E-state index contributed by atoms with van der Waals surface area (Å²) in [7, 11) is 0. The minimum atomic E-state index is -0.221. The van der Waals surface area contributed by atoms with Crippen molar-refractivity contribution in [1.29, 1.82) is 0 Å². The smallest absolute Gasteiger partial charge is 0.129 e. The first kappa shape index (κ1) is 14.8. The van der Waals surface area contributed by atoms with Crippen LogP contribution in [0.25, 0.3) is 0 Å². The van der Waals surface area contributed by atoms with Crippen LogP contribution in [0.1, 0.15) is 31.7 Å². The maximum absolute atomic E-state index is 13.8. The van der Waals surface area contributed by atoms with Crippen LogP contribution < -0.4 is 5.73 Å². The van der Waals surface area contributed by atoms with Gasteiger partial charge >= 0.3 is 0 Å². The highest BCUT2D eigenvalue weighted by Crippen LogP contribution is 2.27. The van der Waals surface area contributed by atoms with Crippen molar-refractivity contribution in [3.63, 3.8) is 0 Å². The van der Waals surface area contributed by atoms with Crippen molar-refractivity contribution in [2.24, 2.45) is 11.7 Å². The lowest BCUT2D eigenvalue weighted by molar-refractivity contribution is 0.106. The van der Waals surface area contributed by atoms with Crippen molar-refractivity contribution >= 4 is 11.6 Å². The summed E-state index contributed by atoms with van der Waals surface area (Å²) in [4.78, 5) is 2.30. The highest BCUT2D eigenvalue weighted by Gasteiger charge is 2.27. The fourth-order valence-electron chi connectivity index (χ4n) is 2.88. The minimum Gasteiger partial charge on any atom is -0.329 e. The molecule has 0 amide bonds. The number of nitrogens with zero attached hydrogens (tertiary/aromatic N) is 1. The van der Waals surface area contributed by atoms with E-state index in [1.165, 1.54) is 18.9 Å². The Morgan fingerprint density at radius 2 is 2.26 bits per heavy atom. The summed E-state index contributed by atoms with van der Waals surface area (Å²) < 4.78 is 13.8. The average molecular weight is 285 g/mol. The Morgan fingerprint density at radius 3 is 2.89 bits per heavy atom. The number of likely N-dealkylation sites (tertiary alicyclic amines) is 1. The maximum Gasteiger partial charge on any atom is 0.129 e. The van der Waals surface area contributed by atoms with E-state index < -0.39 is 0 Å². The summed E-state index contributed by atoms with van der Waals surface area (Å²) in [6.07, 6.45) is 3.52. The molecule has 19 heavy (non-hydrogen) atoms. The first-order chi connectivity index (χ1) is 9.13. The van der Waals surface area contributed by atoms with Crippen molar-refractivity contribution in [3.05, 3.63) is 34.6 Å². The molecule has 2 N–H and O–H groups in total. The molecule has 1 fully saturated rings. The SMILES string of the molecule is CCC1CCN(Cc2ccc(Cl)cc2F)C(CN)C1. The van der Waals surface area contributed by atoms with E-state index >= 15 is 0 Å². The Kier molecular flexibility index (Phi) is 5.20. The van der Waals surface area contributed by atoms with Gasteiger partial charge < -0.3 is 5.73 Å². The van der Waals surface area contributed by atoms with Crippen LogP contribution in [-0.4, -0.2) is 24.0 Å². The van der Waals surface area contributed by atoms with Gasteiger partial charge in [-0.3, -0.25) is 4.90 Å².